The highest BCUT2D eigenvalue weighted by Gasteiger charge is 2.11. The summed E-state index contributed by atoms with van der Waals surface area (Å²) in [6.07, 6.45) is 1.36. The first kappa shape index (κ1) is 19.8. The predicted octanol–water partition coefficient (Wildman–Crippen LogP) is 3.98. The second kappa shape index (κ2) is 8.81. The van der Waals surface area contributed by atoms with Crippen LogP contribution in [0.2, 0.25) is 0 Å². The van der Waals surface area contributed by atoms with E-state index < -0.39 is 16.0 Å². The number of rotatable bonds is 6. The number of carbonyl (C=O) groups excluding carboxylic acids is 1. The van der Waals surface area contributed by atoms with Crippen LogP contribution in [0.5, 0.6) is 5.75 Å². The lowest BCUT2D eigenvalue weighted by atomic mass is 10.2. The fourth-order valence-electron chi connectivity index (χ4n) is 2.23. The van der Waals surface area contributed by atoms with Crippen molar-refractivity contribution in [3.8, 4) is 5.75 Å². The van der Waals surface area contributed by atoms with E-state index in [1.165, 1.54) is 18.3 Å². The highest BCUT2D eigenvalue weighted by molar-refractivity contribution is 9.10. The van der Waals surface area contributed by atoms with Crippen LogP contribution in [0.3, 0.4) is 0 Å². The van der Waals surface area contributed by atoms with Crippen LogP contribution in [-0.2, 0) is 10.0 Å². The Morgan fingerprint density at radius 2 is 1.68 bits per heavy atom. The van der Waals surface area contributed by atoms with Crippen LogP contribution in [-0.4, -0.2) is 20.6 Å². The Bertz CT molecular complexity index is 1100. The fourth-order valence-corrected chi connectivity index (χ4v) is 3.44. The van der Waals surface area contributed by atoms with Crippen molar-refractivity contribution in [1.82, 2.24) is 4.83 Å². The van der Waals surface area contributed by atoms with Crippen molar-refractivity contribution in [3.63, 3.8) is 0 Å². The van der Waals surface area contributed by atoms with Crippen molar-refractivity contribution in [1.29, 1.82) is 0 Å². The molecule has 3 aromatic rings. The molecule has 0 aliphatic rings. The molecule has 0 heterocycles. The Morgan fingerprint density at radius 3 is 2.36 bits per heavy atom. The minimum atomic E-state index is -3.71. The molecule has 28 heavy (non-hydrogen) atoms. The number of carbonyl (C=O) groups is 1. The van der Waals surface area contributed by atoms with Gasteiger partial charge >= 0.3 is 5.97 Å². The average molecular weight is 459 g/mol. The summed E-state index contributed by atoms with van der Waals surface area (Å²) < 4.78 is 30.2. The van der Waals surface area contributed by atoms with Gasteiger partial charge in [-0.05, 0) is 60.2 Å². The van der Waals surface area contributed by atoms with E-state index in [1.807, 2.05) is 6.07 Å². The largest absolute Gasteiger partial charge is 0.423 e. The van der Waals surface area contributed by atoms with Gasteiger partial charge in [-0.2, -0.15) is 13.5 Å². The molecule has 0 fully saturated rings. The zero-order valence-corrected chi connectivity index (χ0v) is 16.9. The lowest BCUT2D eigenvalue weighted by molar-refractivity contribution is 0.0734. The number of hydrazone groups is 1. The minimum Gasteiger partial charge on any atom is -0.423 e. The van der Waals surface area contributed by atoms with Gasteiger partial charge in [0, 0.05) is 4.47 Å². The van der Waals surface area contributed by atoms with E-state index in [0.717, 1.165) is 4.47 Å². The summed E-state index contributed by atoms with van der Waals surface area (Å²) in [5.74, 6) is -0.106. The standard InChI is InChI=1S/C20H15BrN2O4S/c21-17-6-4-5-16(13-17)20(24)27-18-11-9-15(10-12-18)14-22-23-28(25,26)19-7-2-1-3-8-19/h1-14,23H. The lowest BCUT2D eigenvalue weighted by Crippen LogP contribution is -2.18. The maximum Gasteiger partial charge on any atom is 0.343 e. The number of hydrogen-bond acceptors (Lipinski definition) is 5. The SMILES string of the molecule is O=C(Oc1ccc(C=NNS(=O)(=O)c2ccccc2)cc1)c1cccc(Br)c1. The normalized spacial score (nSPS) is 11.3. The maximum atomic E-state index is 12.1. The molecule has 3 aromatic carbocycles. The number of esters is 1. The molecule has 6 nitrogen and oxygen atoms in total. The van der Waals surface area contributed by atoms with Crippen LogP contribution >= 0.6 is 15.9 Å². The van der Waals surface area contributed by atoms with Gasteiger partial charge in [0.1, 0.15) is 5.75 Å². The second-order valence-electron chi connectivity index (χ2n) is 5.63. The van der Waals surface area contributed by atoms with Gasteiger partial charge in [-0.1, -0.05) is 40.2 Å². The molecule has 0 spiro atoms. The van der Waals surface area contributed by atoms with E-state index in [9.17, 15) is 13.2 Å². The number of halogens is 1. The highest BCUT2D eigenvalue weighted by atomic mass is 79.9. The zero-order chi connectivity index (χ0) is 20.0. The summed E-state index contributed by atoms with van der Waals surface area (Å²) in [6.45, 7) is 0. The third-order valence-corrected chi connectivity index (χ3v) is 5.32. The first-order valence-corrected chi connectivity index (χ1v) is 10.4. The monoisotopic (exact) mass is 458 g/mol. The molecule has 0 unspecified atom stereocenters. The number of sulfonamides is 1. The molecule has 0 amide bonds. The number of nitrogens with one attached hydrogen (secondary N) is 1. The molecular formula is C20H15BrN2O4S. The van der Waals surface area contributed by atoms with Crippen LogP contribution in [0.1, 0.15) is 15.9 Å². The van der Waals surface area contributed by atoms with E-state index in [2.05, 4.69) is 25.9 Å². The van der Waals surface area contributed by atoms with Crippen molar-refractivity contribution in [3.05, 3.63) is 94.5 Å². The summed E-state index contributed by atoms with van der Waals surface area (Å²) in [5.41, 5.74) is 1.06. The topological polar surface area (TPSA) is 84.8 Å². The van der Waals surface area contributed by atoms with E-state index in [0.29, 0.717) is 16.9 Å². The average Bonchev–Trinajstić information content (AvgIpc) is 2.70. The van der Waals surface area contributed by atoms with E-state index in [4.69, 9.17) is 4.74 Å². The summed E-state index contributed by atoms with van der Waals surface area (Å²) in [6, 6.07) is 21.4. The summed E-state index contributed by atoms with van der Waals surface area (Å²) in [4.78, 5) is 14.4. The molecule has 8 heteroatoms. The number of hydrogen-bond donors (Lipinski definition) is 1. The molecule has 0 saturated carbocycles. The molecule has 0 bridgehead atoms. The molecular weight excluding hydrogens is 444 g/mol. The number of ether oxygens (including phenoxy) is 1. The second-order valence-corrected chi connectivity index (χ2v) is 8.21. The van der Waals surface area contributed by atoms with Crippen LogP contribution in [0.25, 0.3) is 0 Å². The molecule has 142 valence electrons. The molecule has 3 rings (SSSR count). The third-order valence-electron chi connectivity index (χ3n) is 3.59. The van der Waals surface area contributed by atoms with Gasteiger partial charge in [-0.15, -0.1) is 0 Å². The van der Waals surface area contributed by atoms with Gasteiger partial charge in [0.15, 0.2) is 0 Å². The minimum absolute atomic E-state index is 0.127. The van der Waals surface area contributed by atoms with Gasteiger partial charge in [0.2, 0.25) is 0 Å². The lowest BCUT2D eigenvalue weighted by Gasteiger charge is -2.05. The maximum absolute atomic E-state index is 12.1. The predicted molar refractivity (Wildman–Crippen MR) is 110 cm³/mol. The quantitative estimate of drug-likeness (QED) is 0.262. The Labute approximate surface area is 171 Å². The van der Waals surface area contributed by atoms with Crippen molar-refractivity contribution in [2.24, 2.45) is 5.10 Å². The first-order valence-electron chi connectivity index (χ1n) is 8.12. The van der Waals surface area contributed by atoms with E-state index in [1.54, 1.807) is 60.7 Å². The van der Waals surface area contributed by atoms with Gasteiger partial charge in [-0.25, -0.2) is 9.63 Å². The van der Waals surface area contributed by atoms with Gasteiger partial charge in [-0.3, -0.25) is 0 Å². The zero-order valence-electron chi connectivity index (χ0n) is 14.4. The molecule has 1 N–H and O–H groups in total. The summed E-state index contributed by atoms with van der Waals surface area (Å²) in [7, 11) is -3.71. The summed E-state index contributed by atoms with van der Waals surface area (Å²) in [5, 5.41) is 3.76. The van der Waals surface area contributed by atoms with E-state index >= 15 is 0 Å². The molecule has 0 aromatic heterocycles. The Hall–Kier alpha value is -2.97. The smallest absolute Gasteiger partial charge is 0.343 e. The number of nitrogens with zero attached hydrogens (tertiary/aromatic N) is 1. The molecule has 0 aliphatic heterocycles. The van der Waals surface area contributed by atoms with Crippen LogP contribution < -0.4 is 9.57 Å². The van der Waals surface area contributed by atoms with Crippen LogP contribution in [0.4, 0.5) is 0 Å². The van der Waals surface area contributed by atoms with E-state index in [-0.39, 0.29) is 4.90 Å². The molecule has 0 radical (unpaired) electrons. The molecule has 0 atom stereocenters. The molecule has 0 saturated heterocycles. The Balaban J connectivity index is 1.61. The van der Waals surface area contributed by atoms with Crippen LogP contribution in [0.15, 0.2) is 93.3 Å². The summed E-state index contributed by atoms with van der Waals surface area (Å²) >= 11 is 3.31. The van der Waals surface area contributed by atoms with Crippen molar-refractivity contribution >= 4 is 38.1 Å². The molecule has 0 aliphatic carbocycles. The highest BCUT2D eigenvalue weighted by Crippen LogP contribution is 2.16. The van der Waals surface area contributed by atoms with Gasteiger partial charge in [0.25, 0.3) is 10.0 Å². The Kier molecular flexibility index (Phi) is 6.23. The van der Waals surface area contributed by atoms with Crippen molar-refractivity contribution < 1.29 is 17.9 Å². The first-order chi connectivity index (χ1) is 13.4. The fraction of sp³-hybridized carbons (Fsp3) is 0. The van der Waals surface area contributed by atoms with Gasteiger partial charge < -0.3 is 4.74 Å². The third kappa shape index (κ3) is 5.28. The van der Waals surface area contributed by atoms with Crippen molar-refractivity contribution in [2.75, 3.05) is 0 Å². The number of benzene rings is 3. The van der Waals surface area contributed by atoms with Crippen molar-refractivity contribution in [2.45, 2.75) is 4.90 Å². The van der Waals surface area contributed by atoms with Crippen LogP contribution in [0, 0.1) is 0 Å². The Morgan fingerprint density at radius 1 is 0.964 bits per heavy atom. The van der Waals surface area contributed by atoms with Gasteiger partial charge in [0.05, 0.1) is 16.7 Å².